The van der Waals surface area contributed by atoms with E-state index in [1.54, 1.807) is 0 Å². The highest BCUT2D eigenvalue weighted by molar-refractivity contribution is 6.59. The summed E-state index contributed by atoms with van der Waals surface area (Å²) in [5.41, 5.74) is 4.92. The predicted molar refractivity (Wildman–Crippen MR) is 58.7 cm³/mol. The summed E-state index contributed by atoms with van der Waals surface area (Å²) < 4.78 is 5.67. The fraction of sp³-hybridized carbons (Fsp3) is 0.778. The van der Waals surface area contributed by atoms with Crippen molar-refractivity contribution in [3.05, 3.63) is 0 Å². The Bertz CT molecular complexity index is 262. The Morgan fingerprint density at radius 3 is 2.47 bits per heavy atom. The minimum Gasteiger partial charge on any atom is -0.361 e. The van der Waals surface area contributed by atoms with Gasteiger partial charge < -0.3 is 15.8 Å². The van der Waals surface area contributed by atoms with Gasteiger partial charge in [0.05, 0.1) is 8.80 Å². The molecule has 3 N–H and O–H groups in total. The van der Waals surface area contributed by atoms with Crippen molar-refractivity contribution in [1.82, 2.24) is 5.32 Å². The van der Waals surface area contributed by atoms with E-state index >= 15 is 0 Å². The van der Waals surface area contributed by atoms with Crippen molar-refractivity contribution >= 4 is 20.6 Å². The number of primary amides is 1. The van der Waals surface area contributed by atoms with E-state index in [-0.39, 0.29) is 0 Å². The molecule has 1 rings (SSSR count). The lowest BCUT2D eigenvalue weighted by Gasteiger charge is -2.40. The zero-order chi connectivity index (χ0) is 11.5. The molecular weight excluding hydrogens is 212 g/mol. The van der Waals surface area contributed by atoms with Gasteiger partial charge >= 0.3 is 11.8 Å². The smallest absolute Gasteiger partial charge is 0.311 e. The van der Waals surface area contributed by atoms with Gasteiger partial charge in [-0.05, 0) is 19.3 Å². The summed E-state index contributed by atoms with van der Waals surface area (Å²) in [5.74, 6) is -1.68. The number of nitrogens with two attached hydrogens (primary N) is 1. The van der Waals surface area contributed by atoms with E-state index in [4.69, 9.17) is 10.5 Å². The minimum absolute atomic E-state index is 0.579. The lowest BCUT2D eigenvalue weighted by atomic mass is 10.2. The molecule has 1 aliphatic rings. The van der Waals surface area contributed by atoms with Crippen LogP contribution in [0.3, 0.4) is 0 Å². The molecule has 0 bridgehead atoms. The van der Waals surface area contributed by atoms with Crippen LogP contribution in [0, 0.1) is 0 Å². The SMILES string of the molecule is C[SiH](C)C1(NC(=O)C(N)=O)CCCCO1. The molecule has 1 aliphatic heterocycles. The van der Waals surface area contributed by atoms with Crippen LogP contribution in [0.5, 0.6) is 0 Å². The van der Waals surface area contributed by atoms with Gasteiger partial charge in [-0.15, -0.1) is 0 Å². The Kier molecular flexibility index (Phi) is 3.87. The van der Waals surface area contributed by atoms with Crippen LogP contribution in [0.15, 0.2) is 0 Å². The van der Waals surface area contributed by atoms with Crippen molar-refractivity contribution in [1.29, 1.82) is 0 Å². The third-order valence-electron chi connectivity index (χ3n) is 2.78. The van der Waals surface area contributed by atoms with Gasteiger partial charge in [-0.25, -0.2) is 0 Å². The number of rotatable bonds is 2. The number of carbonyl (C=O) groups excluding carboxylic acids is 2. The summed E-state index contributed by atoms with van der Waals surface area (Å²) in [5, 5.41) is 2.08. The normalized spacial score (nSPS) is 26.3. The lowest BCUT2D eigenvalue weighted by molar-refractivity contribution is -0.143. The number of carbonyl (C=O) groups is 2. The molecule has 15 heavy (non-hydrogen) atoms. The lowest BCUT2D eigenvalue weighted by Crippen LogP contribution is -2.62. The first-order valence-electron chi connectivity index (χ1n) is 5.24. The summed E-state index contributed by atoms with van der Waals surface area (Å²) in [4.78, 5) is 22.0. The van der Waals surface area contributed by atoms with Crippen LogP contribution >= 0.6 is 0 Å². The van der Waals surface area contributed by atoms with E-state index in [9.17, 15) is 9.59 Å². The summed E-state index contributed by atoms with van der Waals surface area (Å²) >= 11 is 0. The van der Waals surface area contributed by atoms with Crippen LogP contribution in [0.1, 0.15) is 19.3 Å². The van der Waals surface area contributed by atoms with Gasteiger partial charge in [0.15, 0.2) is 0 Å². The van der Waals surface area contributed by atoms with Gasteiger partial charge in [-0.1, -0.05) is 13.1 Å². The maximum atomic E-state index is 11.3. The van der Waals surface area contributed by atoms with Crippen LogP contribution < -0.4 is 11.1 Å². The van der Waals surface area contributed by atoms with E-state index in [1.807, 2.05) is 0 Å². The number of hydrogen-bond acceptors (Lipinski definition) is 3. The molecular formula is C9H18N2O3Si. The highest BCUT2D eigenvalue weighted by Crippen LogP contribution is 2.25. The largest absolute Gasteiger partial charge is 0.361 e. The molecule has 0 aromatic heterocycles. The Balaban J connectivity index is 2.73. The minimum atomic E-state index is -1.25. The molecule has 1 heterocycles. The molecule has 0 radical (unpaired) electrons. The third kappa shape index (κ3) is 2.79. The maximum absolute atomic E-state index is 11.3. The fourth-order valence-corrected chi connectivity index (χ4v) is 3.42. The van der Waals surface area contributed by atoms with E-state index < -0.39 is 26.0 Å². The van der Waals surface area contributed by atoms with Gasteiger partial charge in [-0.2, -0.15) is 0 Å². The van der Waals surface area contributed by atoms with Crippen LogP contribution in [0.25, 0.3) is 0 Å². The van der Waals surface area contributed by atoms with Gasteiger partial charge in [0, 0.05) is 6.61 Å². The average molecular weight is 230 g/mol. The summed E-state index contributed by atoms with van der Waals surface area (Å²) in [6.07, 6.45) is 2.81. The Labute approximate surface area is 91.0 Å². The van der Waals surface area contributed by atoms with Gasteiger partial charge in [0.1, 0.15) is 5.35 Å². The van der Waals surface area contributed by atoms with Crippen LogP contribution in [-0.4, -0.2) is 32.6 Å². The van der Waals surface area contributed by atoms with E-state index in [1.165, 1.54) is 0 Å². The van der Waals surface area contributed by atoms with Crippen LogP contribution in [-0.2, 0) is 14.3 Å². The molecule has 6 heteroatoms. The third-order valence-corrected chi connectivity index (χ3v) is 5.25. The zero-order valence-electron chi connectivity index (χ0n) is 9.21. The first-order valence-corrected chi connectivity index (χ1v) is 8.12. The van der Waals surface area contributed by atoms with E-state index in [0.717, 1.165) is 19.3 Å². The second-order valence-electron chi connectivity index (χ2n) is 4.17. The van der Waals surface area contributed by atoms with Crippen LogP contribution in [0.2, 0.25) is 13.1 Å². The quantitative estimate of drug-likeness (QED) is 0.496. The predicted octanol–water partition coefficient (Wildman–Crippen LogP) is -0.489. The average Bonchev–Trinajstić information content (AvgIpc) is 2.18. The molecule has 1 atom stereocenters. The zero-order valence-corrected chi connectivity index (χ0v) is 10.4. The molecule has 86 valence electrons. The number of ether oxygens (including phenoxy) is 1. The van der Waals surface area contributed by atoms with Crippen molar-refractivity contribution < 1.29 is 14.3 Å². The van der Waals surface area contributed by atoms with Crippen molar-refractivity contribution in [3.63, 3.8) is 0 Å². The first-order chi connectivity index (χ1) is 6.98. The first kappa shape index (κ1) is 12.2. The molecule has 0 spiro atoms. The highest BCUT2D eigenvalue weighted by atomic mass is 28.3. The van der Waals surface area contributed by atoms with E-state index in [0.29, 0.717) is 6.61 Å². The summed E-state index contributed by atoms with van der Waals surface area (Å²) in [6, 6.07) is 0. The number of nitrogens with one attached hydrogen (secondary N) is 1. The summed E-state index contributed by atoms with van der Waals surface area (Å²) in [7, 11) is -1.25. The molecule has 0 aromatic rings. The molecule has 1 fully saturated rings. The van der Waals surface area contributed by atoms with Gasteiger partial charge in [0.2, 0.25) is 0 Å². The number of amides is 2. The second-order valence-corrected chi connectivity index (χ2v) is 7.41. The monoisotopic (exact) mass is 230 g/mol. The topological polar surface area (TPSA) is 81.4 Å². The molecule has 0 aliphatic carbocycles. The highest BCUT2D eigenvalue weighted by Gasteiger charge is 2.39. The van der Waals surface area contributed by atoms with Crippen molar-refractivity contribution in [2.75, 3.05) is 6.61 Å². The number of hydrogen-bond donors (Lipinski definition) is 2. The van der Waals surface area contributed by atoms with Crippen LogP contribution in [0.4, 0.5) is 0 Å². The second kappa shape index (κ2) is 4.76. The Hall–Kier alpha value is -0.883. The van der Waals surface area contributed by atoms with Crippen molar-refractivity contribution in [2.45, 2.75) is 37.7 Å². The summed E-state index contributed by atoms with van der Waals surface area (Å²) in [6.45, 7) is 4.82. The fourth-order valence-electron chi connectivity index (χ4n) is 1.77. The molecule has 5 nitrogen and oxygen atoms in total. The van der Waals surface area contributed by atoms with Crippen molar-refractivity contribution in [3.8, 4) is 0 Å². The Morgan fingerprint density at radius 1 is 1.40 bits per heavy atom. The van der Waals surface area contributed by atoms with Crippen molar-refractivity contribution in [2.24, 2.45) is 5.73 Å². The molecule has 2 amide bonds. The van der Waals surface area contributed by atoms with Gasteiger partial charge in [0.25, 0.3) is 0 Å². The molecule has 1 saturated heterocycles. The standard InChI is InChI=1S/C9H18N2O3Si/c1-15(2)9(5-3-4-6-14-9)11-8(13)7(10)12/h15H,3-6H2,1-2H3,(H2,10,12)(H,11,13). The van der Waals surface area contributed by atoms with E-state index in [2.05, 4.69) is 18.4 Å². The Morgan fingerprint density at radius 2 is 2.07 bits per heavy atom. The molecule has 1 unspecified atom stereocenters. The van der Waals surface area contributed by atoms with Gasteiger partial charge in [-0.3, -0.25) is 9.59 Å². The maximum Gasteiger partial charge on any atom is 0.311 e. The molecule has 0 aromatic carbocycles. The molecule has 0 saturated carbocycles.